The molecule has 8 nitrogen and oxygen atoms in total. The molecule has 1 saturated heterocycles. The van der Waals surface area contributed by atoms with Gasteiger partial charge in [-0.05, 0) is 42.7 Å². The van der Waals surface area contributed by atoms with Crippen LogP contribution in [-0.4, -0.2) is 41.5 Å². The lowest BCUT2D eigenvalue weighted by atomic mass is 9.92. The van der Waals surface area contributed by atoms with Crippen molar-refractivity contribution in [1.29, 1.82) is 0 Å². The van der Waals surface area contributed by atoms with Gasteiger partial charge in [-0.3, -0.25) is 14.6 Å². The number of amides is 2. The van der Waals surface area contributed by atoms with Crippen molar-refractivity contribution < 1.29 is 37.0 Å². The number of nitrogens with zero attached hydrogens (tertiary/aromatic N) is 2. The molecule has 226 valence electrons. The summed E-state index contributed by atoms with van der Waals surface area (Å²) in [6.45, 7) is 1.79. The Morgan fingerprint density at radius 3 is 2.65 bits per heavy atom. The highest BCUT2D eigenvalue weighted by Gasteiger charge is 2.37. The molecule has 2 aliphatic rings. The average Bonchev–Trinajstić information content (AvgIpc) is 2.98. The van der Waals surface area contributed by atoms with Crippen LogP contribution in [0.25, 0.3) is 11.3 Å². The Labute approximate surface area is 251 Å². The van der Waals surface area contributed by atoms with E-state index in [-0.39, 0.29) is 35.9 Å². The number of pyridine rings is 1. The highest BCUT2D eigenvalue weighted by Crippen LogP contribution is 2.40. The van der Waals surface area contributed by atoms with E-state index in [0.717, 1.165) is 18.3 Å². The zero-order valence-electron chi connectivity index (χ0n) is 23.5. The minimum Gasteiger partial charge on any atom is -0.469 e. The standard InChI is InChI=1S/C31H29ClF3N3O5/c1-16-4-3-5-25(38-11-10-26(43-31(38)41)28-21(33)9-8-20(32)29(28)35)19-14-23(36-15-22(19)34)18-7-6-17(13-27(39)42-2)12-24(18)37-30(16)40/h6-9,12,14-16,25-26H,3-5,10-11,13H2,1-2H3,(H,37,40)/t16-,25+,26-/m1/s1. The minimum atomic E-state index is -1.21. The Bertz CT molecular complexity index is 1590. The molecule has 5 rings (SSSR count). The number of rotatable bonds is 4. The van der Waals surface area contributed by atoms with Crippen molar-refractivity contribution in [2.45, 2.75) is 51.2 Å². The molecule has 2 aliphatic heterocycles. The van der Waals surface area contributed by atoms with Gasteiger partial charge in [0, 0.05) is 30.0 Å². The van der Waals surface area contributed by atoms with Crippen molar-refractivity contribution in [1.82, 2.24) is 9.88 Å². The largest absolute Gasteiger partial charge is 0.469 e. The molecule has 2 bridgehead atoms. The second-order valence-corrected chi connectivity index (χ2v) is 11.1. The number of fused-ring (bicyclic) bond motifs is 4. The molecular formula is C31H29ClF3N3O5. The van der Waals surface area contributed by atoms with Gasteiger partial charge >= 0.3 is 12.1 Å². The number of carbonyl (C=O) groups excluding carboxylic acids is 3. The first kappa shape index (κ1) is 30.3. The summed E-state index contributed by atoms with van der Waals surface area (Å²) < 4.78 is 54.9. The molecule has 3 heterocycles. The van der Waals surface area contributed by atoms with Gasteiger partial charge in [-0.1, -0.05) is 37.1 Å². The molecule has 0 saturated carbocycles. The number of esters is 1. The van der Waals surface area contributed by atoms with E-state index in [0.29, 0.717) is 41.8 Å². The summed E-state index contributed by atoms with van der Waals surface area (Å²) >= 11 is 5.84. The second kappa shape index (κ2) is 12.6. The van der Waals surface area contributed by atoms with Crippen molar-refractivity contribution >= 4 is 35.3 Å². The van der Waals surface area contributed by atoms with Crippen LogP contribution >= 0.6 is 11.6 Å². The van der Waals surface area contributed by atoms with Gasteiger partial charge in [-0.15, -0.1) is 0 Å². The normalized spacial score (nSPS) is 20.7. The number of halogens is 4. The molecule has 1 N–H and O–H groups in total. The van der Waals surface area contributed by atoms with Crippen molar-refractivity contribution in [3.8, 4) is 11.3 Å². The summed E-state index contributed by atoms with van der Waals surface area (Å²) in [5.74, 6) is -3.65. The van der Waals surface area contributed by atoms with E-state index in [9.17, 15) is 23.2 Å². The van der Waals surface area contributed by atoms with E-state index in [4.69, 9.17) is 21.1 Å². The van der Waals surface area contributed by atoms with Gasteiger partial charge in [-0.2, -0.15) is 0 Å². The highest BCUT2D eigenvalue weighted by molar-refractivity contribution is 6.30. The maximum absolute atomic E-state index is 15.4. The molecule has 3 aromatic rings. The van der Waals surface area contributed by atoms with E-state index < -0.39 is 53.1 Å². The lowest BCUT2D eigenvalue weighted by molar-refractivity contribution is -0.139. The number of hydrogen-bond acceptors (Lipinski definition) is 6. The fourth-order valence-corrected chi connectivity index (χ4v) is 5.69. The van der Waals surface area contributed by atoms with Crippen LogP contribution in [0.4, 0.5) is 23.7 Å². The van der Waals surface area contributed by atoms with Gasteiger partial charge in [0.2, 0.25) is 5.91 Å². The monoisotopic (exact) mass is 615 g/mol. The first-order valence-electron chi connectivity index (χ1n) is 13.8. The van der Waals surface area contributed by atoms with E-state index >= 15 is 4.39 Å². The van der Waals surface area contributed by atoms with Crippen LogP contribution in [0, 0.1) is 23.4 Å². The number of methoxy groups -OCH3 is 1. The lowest BCUT2D eigenvalue weighted by Gasteiger charge is -2.38. The number of hydrogen-bond donors (Lipinski definition) is 1. The number of cyclic esters (lactones) is 1. The molecular weight excluding hydrogens is 587 g/mol. The molecule has 0 aliphatic carbocycles. The first-order valence-corrected chi connectivity index (χ1v) is 14.2. The second-order valence-electron chi connectivity index (χ2n) is 10.7. The Morgan fingerprint density at radius 2 is 1.91 bits per heavy atom. The van der Waals surface area contributed by atoms with E-state index in [1.165, 1.54) is 18.1 Å². The summed E-state index contributed by atoms with van der Waals surface area (Å²) in [6, 6.07) is 7.83. The van der Waals surface area contributed by atoms with Crippen molar-refractivity contribution in [2.24, 2.45) is 5.92 Å². The molecule has 43 heavy (non-hydrogen) atoms. The Balaban J connectivity index is 1.51. The van der Waals surface area contributed by atoms with Crippen molar-refractivity contribution in [3.05, 3.63) is 81.8 Å². The molecule has 1 fully saturated rings. The molecule has 2 amide bonds. The smallest absolute Gasteiger partial charge is 0.410 e. The quantitative estimate of drug-likeness (QED) is 0.253. The molecule has 0 spiro atoms. The molecule has 0 unspecified atom stereocenters. The fourth-order valence-electron chi connectivity index (χ4n) is 5.53. The van der Waals surface area contributed by atoms with Crippen LogP contribution in [0.2, 0.25) is 5.02 Å². The maximum Gasteiger partial charge on any atom is 0.410 e. The summed E-state index contributed by atoms with van der Waals surface area (Å²) in [5.41, 5.74) is 1.57. The fraction of sp³-hybridized carbons (Fsp3) is 0.355. The van der Waals surface area contributed by atoms with Crippen LogP contribution in [0.5, 0.6) is 0 Å². The third kappa shape index (κ3) is 6.31. The Hall–Kier alpha value is -4.12. The Morgan fingerprint density at radius 1 is 1.12 bits per heavy atom. The summed E-state index contributed by atoms with van der Waals surface area (Å²) in [6.07, 6.45) is 0.197. The minimum absolute atomic E-state index is 0.0135. The van der Waals surface area contributed by atoms with Crippen LogP contribution in [0.3, 0.4) is 0 Å². The zero-order valence-corrected chi connectivity index (χ0v) is 24.2. The van der Waals surface area contributed by atoms with Gasteiger partial charge in [0.1, 0.15) is 17.7 Å². The van der Waals surface area contributed by atoms with Crippen LogP contribution in [-0.2, 0) is 25.5 Å². The van der Waals surface area contributed by atoms with Crippen molar-refractivity contribution in [2.75, 3.05) is 19.0 Å². The van der Waals surface area contributed by atoms with E-state index in [1.54, 1.807) is 25.1 Å². The topological polar surface area (TPSA) is 97.8 Å². The predicted octanol–water partition coefficient (Wildman–Crippen LogP) is 6.92. The third-order valence-electron chi connectivity index (χ3n) is 7.89. The number of anilines is 1. The highest BCUT2D eigenvalue weighted by atomic mass is 35.5. The number of benzene rings is 2. The van der Waals surface area contributed by atoms with Gasteiger partial charge in [0.05, 0.1) is 47.7 Å². The summed E-state index contributed by atoms with van der Waals surface area (Å²) in [5, 5.41) is 2.62. The number of aromatic nitrogens is 1. The van der Waals surface area contributed by atoms with Crippen molar-refractivity contribution in [3.63, 3.8) is 0 Å². The van der Waals surface area contributed by atoms with Gasteiger partial charge in [0.25, 0.3) is 0 Å². The number of carbonyl (C=O) groups is 3. The molecule has 1 aromatic heterocycles. The summed E-state index contributed by atoms with van der Waals surface area (Å²) in [4.78, 5) is 43.9. The lowest BCUT2D eigenvalue weighted by Crippen LogP contribution is -2.42. The Kier molecular flexibility index (Phi) is 8.91. The third-order valence-corrected chi connectivity index (χ3v) is 8.18. The molecule has 3 atom stereocenters. The average molecular weight is 616 g/mol. The zero-order chi connectivity index (χ0) is 30.8. The van der Waals surface area contributed by atoms with E-state index in [2.05, 4.69) is 10.3 Å². The molecule has 2 aromatic carbocycles. The maximum atomic E-state index is 15.4. The van der Waals surface area contributed by atoms with Gasteiger partial charge in [0.15, 0.2) is 5.82 Å². The molecule has 12 heteroatoms. The van der Waals surface area contributed by atoms with E-state index in [1.807, 2.05) is 0 Å². The van der Waals surface area contributed by atoms with Gasteiger partial charge in [-0.25, -0.2) is 18.0 Å². The molecule has 0 radical (unpaired) electrons. The summed E-state index contributed by atoms with van der Waals surface area (Å²) in [7, 11) is 1.28. The number of nitrogens with one attached hydrogen (secondary N) is 1. The van der Waals surface area contributed by atoms with Crippen LogP contribution < -0.4 is 5.32 Å². The van der Waals surface area contributed by atoms with Crippen LogP contribution in [0.1, 0.15) is 61.4 Å². The van der Waals surface area contributed by atoms with Gasteiger partial charge < -0.3 is 19.7 Å². The SMILES string of the molecule is COC(=O)Cc1ccc2c(c1)NC(=O)[C@H](C)CCC[C@H](N1CC[C@H](c3c(F)ccc(Cl)c3F)OC1=O)c1cc-2ncc1F. The number of ether oxygens (including phenoxy) is 2. The first-order chi connectivity index (χ1) is 20.6. The predicted molar refractivity (Wildman–Crippen MR) is 152 cm³/mol. The van der Waals surface area contributed by atoms with Crippen LogP contribution in [0.15, 0.2) is 42.6 Å².